The molecule has 4 N–H and O–H groups in total. The number of aliphatic imine (C=N–C) groups is 1. The van der Waals surface area contributed by atoms with E-state index in [0.717, 1.165) is 36.2 Å². The minimum absolute atomic E-state index is 0. The summed E-state index contributed by atoms with van der Waals surface area (Å²) in [5, 5.41) is 12.2. The number of carbonyl (C=O) groups excluding carboxylic acids is 2. The topological polar surface area (TPSA) is 94.6 Å². The lowest BCUT2D eigenvalue weighted by atomic mass is 10.2. The number of carbonyl (C=O) groups is 2. The van der Waals surface area contributed by atoms with Crippen LogP contribution in [0.2, 0.25) is 0 Å². The van der Waals surface area contributed by atoms with Gasteiger partial charge in [-0.2, -0.15) is 0 Å². The van der Waals surface area contributed by atoms with Gasteiger partial charge >= 0.3 is 0 Å². The fourth-order valence-corrected chi connectivity index (χ4v) is 2.64. The molecule has 0 spiro atoms. The molecule has 0 atom stereocenters. The Hall–Kier alpha value is -1.36. The summed E-state index contributed by atoms with van der Waals surface area (Å²) in [5.41, 5.74) is 0.643. The molecule has 1 aromatic rings. The van der Waals surface area contributed by atoms with E-state index in [2.05, 4.69) is 42.2 Å². The first-order chi connectivity index (χ1) is 13.1. The highest BCUT2D eigenvalue weighted by atomic mass is 127. The van der Waals surface area contributed by atoms with Crippen LogP contribution in [0.5, 0.6) is 0 Å². The van der Waals surface area contributed by atoms with Gasteiger partial charge in [0.1, 0.15) is 0 Å². The van der Waals surface area contributed by atoms with E-state index in [9.17, 15) is 9.59 Å². The first-order valence-electron chi connectivity index (χ1n) is 9.43. The van der Waals surface area contributed by atoms with Gasteiger partial charge in [0.2, 0.25) is 5.91 Å². The lowest BCUT2D eigenvalue weighted by Crippen LogP contribution is -2.41. The number of amides is 2. The zero-order valence-corrected chi connectivity index (χ0v) is 20.0. The predicted molar refractivity (Wildman–Crippen MR) is 126 cm³/mol. The number of hydrogen-bond donors (Lipinski definition) is 4. The van der Waals surface area contributed by atoms with Gasteiger partial charge < -0.3 is 21.3 Å². The molecule has 156 valence electrons. The summed E-state index contributed by atoms with van der Waals surface area (Å²) in [7, 11) is 0. The SMILES string of the molecule is CCNC(=NCCCNC(=O)c1ccc(Br)cc1)NCCNC(=O)C1CC1.I. The van der Waals surface area contributed by atoms with E-state index in [1.807, 2.05) is 19.1 Å². The Morgan fingerprint density at radius 2 is 1.71 bits per heavy atom. The van der Waals surface area contributed by atoms with Gasteiger partial charge in [0.15, 0.2) is 5.96 Å². The van der Waals surface area contributed by atoms with E-state index in [-0.39, 0.29) is 41.7 Å². The third kappa shape index (κ3) is 9.72. The second-order valence-corrected chi connectivity index (χ2v) is 7.28. The van der Waals surface area contributed by atoms with Crippen molar-refractivity contribution >= 4 is 57.7 Å². The first kappa shape index (κ1) is 24.7. The fraction of sp³-hybridized carbons (Fsp3) is 0.526. The summed E-state index contributed by atoms with van der Waals surface area (Å²) in [6.45, 7) is 5.15. The molecule has 0 unspecified atom stereocenters. The van der Waals surface area contributed by atoms with Crippen molar-refractivity contribution in [1.29, 1.82) is 0 Å². The molecule has 1 aromatic carbocycles. The van der Waals surface area contributed by atoms with Gasteiger partial charge in [-0.05, 0) is 50.5 Å². The van der Waals surface area contributed by atoms with Crippen molar-refractivity contribution in [2.45, 2.75) is 26.2 Å². The summed E-state index contributed by atoms with van der Waals surface area (Å²) in [6, 6.07) is 7.26. The molecule has 0 saturated heterocycles. The highest BCUT2D eigenvalue weighted by molar-refractivity contribution is 14.0. The zero-order chi connectivity index (χ0) is 19.5. The zero-order valence-electron chi connectivity index (χ0n) is 16.1. The van der Waals surface area contributed by atoms with Crippen LogP contribution in [0, 0.1) is 5.92 Å². The van der Waals surface area contributed by atoms with Gasteiger partial charge in [-0.1, -0.05) is 15.9 Å². The quantitative estimate of drug-likeness (QED) is 0.151. The minimum Gasteiger partial charge on any atom is -0.357 e. The Labute approximate surface area is 192 Å². The maximum absolute atomic E-state index is 12.0. The van der Waals surface area contributed by atoms with Gasteiger partial charge in [0, 0.05) is 48.7 Å². The lowest BCUT2D eigenvalue weighted by molar-refractivity contribution is -0.122. The molecule has 0 radical (unpaired) electrons. The number of nitrogens with zero attached hydrogens (tertiary/aromatic N) is 1. The second-order valence-electron chi connectivity index (χ2n) is 6.37. The molecule has 0 bridgehead atoms. The number of rotatable bonds is 10. The van der Waals surface area contributed by atoms with Crippen LogP contribution in [-0.2, 0) is 4.79 Å². The maximum Gasteiger partial charge on any atom is 0.251 e. The maximum atomic E-state index is 12.0. The van der Waals surface area contributed by atoms with Crippen molar-refractivity contribution in [2.24, 2.45) is 10.9 Å². The van der Waals surface area contributed by atoms with Crippen LogP contribution in [0.1, 0.15) is 36.5 Å². The van der Waals surface area contributed by atoms with E-state index in [0.29, 0.717) is 31.7 Å². The summed E-state index contributed by atoms with van der Waals surface area (Å²) in [6.07, 6.45) is 2.78. The average Bonchev–Trinajstić information content (AvgIpc) is 3.50. The smallest absolute Gasteiger partial charge is 0.251 e. The summed E-state index contributed by atoms with van der Waals surface area (Å²) in [5.74, 6) is 1.03. The Bertz CT molecular complexity index is 650. The molecule has 1 aliphatic rings. The largest absolute Gasteiger partial charge is 0.357 e. The van der Waals surface area contributed by atoms with Crippen molar-refractivity contribution in [2.75, 3.05) is 32.7 Å². The van der Waals surface area contributed by atoms with E-state index in [1.54, 1.807) is 12.1 Å². The van der Waals surface area contributed by atoms with Crippen molar-refractivity contribution in [3.8, 4) is 0 Å². The van der Waals surface area contributed by atoms with Crippen LogP contribution in [-0.4, -0.2) is 50.5 Å². The van der Waals surface area contributed by atoms with E-state index >= 15 is 0 Å². The molecule has 2 amide bonds. The van der Waals surface area contributed by atoms with E-state index in [4.69, 9.17) is 0 Å². The minimum atomic E-state index is -0.0806. The van der Waals surface area contributed by atoms with E-state index < -0.39 is 0 Å². The van der Waals surface area contributed by atoms with Gasteiger partial charge in [0.25, 0.3) is 5.91 Å². The number of benzene rings is 1. The number of hydrogen-bond acceptors (Lipinski definition) is 3. The Morgan fingerprint density at radius 1 is 1.04 bits per heavy atom. The molecule has 7 nitrogen and oxygen atoms in total. The third-order valence-electron chi connectivity index (χ3n) is 4.01. The molecule has 0 aliphatic heterocycles. The number of nitrogens with one attached hydrogen (secondary N) is 4. The molecule has 28 heavy (non-hydrogen) atoms. The van der Waals surface area contributed by atoms with Gasteiger partial charge in [0.05, 0.1) is 0 Å². The Kier molecular flexibility index (Phi) is 12.1. The van der Waals surface area contributed by atoms with Crippen molar-refractivity contribution in [3.63, 3.8) is 0 Å². The van der Waals surface area contributed by atoms with Crippen molar-refractivity contribution in [3.05, 3.63) is 34.3 Å². The Morgan fingerprint density at radius 3 is 2.36 bits per heavy atom. The standard InChI is InChI=1S/C19H28BrN5O2.HI/c1-2-21-19(25-13-12-23-18(27)14-4-5-14)24-11-3-10-22-17(26)15-6-8-16(20)9-7-15;/h6-9,14H,2-5,10-13H2,1H3,(H,22,26)(H,23,27)(H2,21,24,25);1H. The number of guanidine groups is 1. The molecule has 1 aliphatic carbocycles. The molecule has 0 aromatic heterocycles. The third-order valence-corrected chi connectivity index (χ3v) is 4.53. The normalized spacial score (nSPS) is 13.3. The van der Waals surface area contributed by atoms with Crippen LogP contribution >= 0.6 is 39.9 Å². The molecule has 1 fully saturated rings. The van der Waals surface area contributed by atoms with Gasteiger partial charge in [-0.25, -0.2) is 0 Å². The Balaban J connectivity index is 0.00000392. The highest BCUT2D eigenvalue weighted by Crippen LogP contribution is 2.28. The van der Waals surface area contributed by atoms with Crippen LogP contribution in [0.3, 0.4) is 0 Å². The molecule has 1 saturated carbocycles. The lowest BCUT2D eigenvalue weighted by Gasteiger charge is -2.12. The highest BCUT2D eigenvalue weighted by Gasteiger charge is 2.28. The van der Waals surface area contributed by atoms with Crippen molar-refractivity contribution in [1.82, 2.24) is 21.3 Å². The average molecular weight is 566 g/mol. The van der Waals surface area contributed by atoms with Crippen LogP contribution in [0.4, 0.5) is 0 Å². The summed E-state index contributed by atoms with van der Waals surface area (Å²) >= 11 is 3.35. The van der Waals surface area contributed by atoms with Gasteiger partial charge in [-0.3, -0.25) is 14.6 Å². The van der Waals surface area contributed by atoms with Crippen molar-refractivity contribution < 1.29 is 9.59 Å². The van der Waals surface area contributed by atoms with Crippen LogP contribution in [0.15, 0.2) is 33.7 Å². The molecule has 0 heterocycles. The summed E-state index contributed by atoms with van der Waals surface area (Å²) < 4.78 is 0.948. The molecular weight excluding hydrogens is 537 g/mol. The summed E-state index contributed by atoms with van der Waals surface area (Å²) in [4.78, 5) is 28.1. The van der Waals surface area contributed by atoms with Crippen LogP contribution < -0.4 is 21.3 Å². The molecular formula is C19H29BrIN5O2. The molecule has 2 rings (SSSR count). The van der Waals surface area contributed by atoms with Gasteiger partial charge in [-0.15, -0.1) is 24.0 Å². The predicted octanol–water partition coefficient (Wildman–Crippen LogP) is 2.27. The molecule has 9 heteroatoms. The first-order valence-corrected chi connectivity index (χ1v) is 10.2. The number of halogens is 2. The second kappa shape index (κ2) is 13.8. The van der Waals surface area contributed by atoms with Crippen LogP contribution in [0.25, 0.3) is 0 Å². The monoisotopic (exact) mass is 565 g/mol. The fourth-order valence-electron chi connectivity index (χ4n) is 2.37. The van der Waals surface area contributed by atoms with E-state index in [1.165, 1.54) is 0 Å².